The number of ether oxygens (including phenoxy) is 4. The van der Waals surface area contributed by atoms with Gasteiger partial charge in [-0.2, -0.15) is 0 Å². The number of β-lactam (4-membered cyclic amide) rings is 1. The van der Waals surface area contributed by atoms with Gasteiger partial charge in [0.1, 0.15) is 17.6 Å². The summed E-state index contributed by atoms with van der Waals surface area (Å²) in [7, 11) is 3.23. The predicted octanol–water partition coefficient (Wildman–Crippen LogP) is 1.96. The highest BCUT2D eigenvalue weighted by molar-refractivity contribution is 5.83. The molecule has 0 aliphatic carbocycles. The van der Waals surface area contributed by atoms with Gasteiger partial charge in [0.25, 0.3) is 0 Å². The van der Waals surface area contributed by atoms with Gasteiger partial charge >= 0.3 is 0 Å². The van der Waals surface area contributed by atoms with Crippen LogP contribution >= 0.6 is 0 Å². The van der Waals surface area contributed by atoms with Crippen molar-refractivity contribution in [1.82, 2.24) is 4.90 Å². The van der Waals surface area contributed by atoms with Crippen molar-refractivity contribution >= 4 is 5.91 Å². The number of hydrogen-bond acceptors (Lipinski definition) is 5. The van der Waals surface area contributed by atoms with Gasteiger partial charge < -0.3 is 23.8 Å². The summed E-state index contributed by atoms with van der Waals surface area (Å²) in [6, 6.07) is 5.68. The lowest BCUT2D eigenvalue weighted by atomic mass is 9.95. The maximum absolute atomic E-state index is 12.1. The predicted molar refractivity (Wildman–Crippen MR) is 83.4 cm³/mol. The summed E-state index contributed by atoms with van der Waals surface area (Å²) < 4.78 is 22.1. The summed E-state index contributed by atoms with van der Waals surface area (Å²) in [6.45, 7) is 4.80. The van der Waals surface area contributed by atoms with Gasteiger partial charge in [-0.25, -0.2) is 0 Å². The number of rotatable bonds is 5. The molecule has 2 heterocycles. The number of benzene rings is 1. The topological polar surface area (TPSA) is 57.2 Å². The molecule has 2 atom stereocenters. The van der Waals surface area contributed by atoms with Gasteiger partial charge in [0, 0.05) is 24.6 Å². The average Bonchev–Trinajstić information content (AvgIpc) is 2.89. The molecule has 2 fully saturated rings. The average molecular weight is 321 g/mol. The van der Waals surface area contributed by atoms with E-state index in [0.717, 1.165) is 11.3 Å². The number of carbonyl (C=O) groups is 1. The van der Waals surface area contributed by atoms with Gasteiger partial charge in [-0.3, -0.25) is 4.79 Å². The van der Waals surface area contributed by atoms with E-state index in [0.29, 0.717) is 25.3 Å². The van der Waals surface area contributed by atoms with E-state index in [4.69, 9.17) is 18.9 Å². The number of likely N-dealkylation sites (tertiary alicyclic amines) is 1. The van der Waals surface area contributed by atoms with E-state index in [-0.39, 0.29) is 18.1 Å². The third kappa shape index (κ3) is 3.14. The molecule has 6 nitrogen and oxygen atoms in total. The van der Waals surface area contributed by atoms with Crippen molar-refractivity contribution in [2.75, 3.05) is 20.8 Å². The van der Waals surface area contributed by atoms with Crippen molar-refractivity contribution in [1.29, 1.82) is 0 Å². The normalized spacial score (nSPS) is 26.1. The Morgan fingerprint density at radius 1 is 1.30 bits per heavy atom. The van der Waals surface area contributed by atoms with Gasteiger partial charge in [-0.15, -0.1) is 0 Å². The third-order valence-corrected chi connectivity index (χ3v) is 4.40. The van der Waals surface area contributed by atoms with Crippen LogP contribution in [-0.4, -0.2) is 49.6 Å². The number of carbonyl (C=O) groups excluding carboxylic acids is 1. The lowest BCUT2D eigenvalue weighted by Crippen LogP contribution is -2.58. The smallest absolute Gasteiger partial charge is 0.225 e. The van der Waals surface area contributed by atoms with Crippen LogP contribution in [0, 0.1) is 0 Å². The zero-order valence-electron chi connectivity index (χ0n) is 14.0. The first-order valence-corrected chi connectivity index (χ1v) is 7.75. The van der Waals surface area contributed by atoms with Crippen LogP contribution in [0.1, 0.15) is 25.8 Å². The highest BCUT2D eigenvalue weighted by Crippen LogP contribution is 2.35. The highest BCUT2D eigenvalue weighted by Gasteiger charge is 2.47. The quantitative estimate of drug-likeness (QED) is 0.776. The van der Waals surface area contributed by atoms with Crippen molar-refractivity contribution < 1.29 is 23.7 Å². The van der Waals surface area contributed by atoms with Crippen LogP contribution in [0.3, 0.4) is 0 Å². The van der Waals surface area contributed by atoms with Gasteiger partial charge in [0.05, 0.1) is 26.9 Å². The fourth-order valence-corrected chi connectivity index (χ4v) is 3.09. The Hall–Kier alpha value is -1.79. The van der Waals surface area contributed by atoms with E-state index in [9.17, 15) is 4.79 Å². The second kappa shape index (κ2) is 6.02. The van der Waals surface area contributed by atoms with Gasteiger partial charge in [-0.1, -0.05) is 0 Å². The lowest BCUT2D eigenvalue weighted by Gasteiger charge is -2.43. The summed E-state index contributed by atoms with van der Waals surface area (Å²) in [6.07, 6.45) is 0.426. The van der Waals surface area contributed by atoms with E-state index >= 15 is 0 Å². The van der Waals surface area contributed by atoms with E-state index in [1.807, 2.05) is 36.9 Å². The van der Waals surface area contributed by atoms with Crippen molar-refractivity contribution in [3.8, 4) is 11.5 Å². The molecule has 126 valence electrons. The van der Waals surface area contributed by atoms with Crippen molar-refractivity contribution in [2.24, 2.45) is 0 Å². The fraction of sp³-hybridized carbons (Fsp3) is 0.588. The monoisotopic (exact) mass is 321 g/mol. The molecular formula is C17H23NO5. The van der Waals surface area contributed by atoms with Crippen LogP contribution in [0.4, 0.5) is 0 Å². The van der Waals surface area contributed by atoms with E-state index < -0.39 is 5.79 Å². The lowest BCUT2D eigenvalue weighted by molar-refractivity contribution is -0.169. The Morgan fingerprint density at radius 2 is 2.09 bits per heavy atom. The van der Waals surface area contributed by atoms with E-state index in [1.54, 1.807) is 14.2 Å². The summed E-state index contributed by atoms with van der Waals surface area (Å²) in [5.74, 6) is 0.992. The Morgan fingerprint density at radius 3 is 2.65 bits per heavy atom. The van der Waals surface area contributed by atoms with Crippen LogP contribution in [-0.2, 0) is 20.8 Å². The zero-order chi connectivity index (χ0) is 16.6. The van der Waals surface area contributed by atoms with Crippen LogP contribution in [0.2, 0.25) is 0 Å². The second-order valence-corrected chi connectivity index (χ2v) is 6.34. The molecule has 23 heavy (non-hydrogen) atoms. The molecule has 1 aromatic rings. The van der Waals surface area contributed by atoms with Gasteiger partial charge in [0.2, 0.25) is 5.91 Å². The van der Waals surface area contributed by atoms with Crippen molar-refractivity contribution in [2.45, 2.75) is 44.7 Å². The molecule has 0 aromatic heterocycles. The minimum absolute atomic E-state index is 0.0519. The molecule has 2 aliphatic rings. The summed E-state index contributed by atoms with van der Waals surface area (Å²) in [4.78, 5) is 13.9. The SMILES string of the molecule is COc1ccc(CN2C(=O)C[C@H]2[C@@H]2COC(C)(C)O2)c(OC)c1. The minimum Gasteiger partial charge on any atom is -0.497 e. The van der Waals surface area contributed by atoms with Gasteiger partial charge in [0.15, 0.2) is 5.79 Å². The maximum atomic E-state index is 12.1. The fourth-order valence-electron chi connectivity index (χ4n) is 3.09. The van der Waals surface area contributed by atoms with Gasteiger partial charge in [-0.05, 0) is 26.0 Å². The van der Waals surface area contributed by atoms with Crippen molar-refractivity contribution in [3.05, 3.63) is 23.8 Å². The molecule has 0 radical (unpaired) electrons. The van der Waals surface area contributed by atoms with E-state index in [1.165, 1.54) is 0 Å². The molecule has 0 unspecified atom stereocenters. The number of methoxy groups -OCH3 is 2. The minimum atomic E-state index is -0.577. The molecule has 3 rings (SSSR count). The Balaban J connectivity index is 1.73. The Labute approximate surface area is 136 Å². The Kier molecular flexibility index (Phi) is 4.21. The Bertz CT molecular complexity index is 601. The summed E-state index contributed by atoms with van der Waals surface area (Å²) in [5, 5.41) is 0. The molecule has 0 N–H and O–H groups in total. The molecule has 0 spiro atoms. The third-order valence-electron chi connectivity index (χ3n) is 4.40. The molecule has 2 saturated heterocycles. The standard InChI is InChI=1S/C17H23NO5/c1-17(2)22-10-15(23-17)13-8-16(19)18(13)9-11-5-6-12(20-3)7-14(11)21-4/h5-7,13,15H,8-10H2,1-4H3/t13-,15-/m0/s1. The summed E-state index contributed by atoms with van der Waals surface area (Å²) in [5.41, 5.74) is 0.949. The zero-order valence-corrected chi connectivity index (χ0v) is 14.0. The molecular weight excluding hydrogens is 298 g/mol. The number of hydrogen-bond donors (Lipinski definition) is 0. The number of amides is 1. The highest BCUT2D eigenvalue weighted by atomic mass is 16.7. The number of nitrogens with zero attached hydrogens (tertiary/aromatic N) is 1. The van der Waals surface area contributed by atoms with Crippen LogP contribution in [0.15, 0.2) is 18.2 Å². The molecule has 6 heteroatoms. The first kappa shape index (κ1) is 16.1. The van der Waals surface area contributed by atoms with Crippen LogP contribution < -0.4 is 9.47 Å². The first-order chi connectivity index (χ1) is 10.9. The first-order valence-electron chi connectivity index (χ1n) is 7.75. The molecule has 0 saturated carbocycles. The second-order valence-electron chi connectivity index (χ2n) is 6.34. The summed E-state index contributed by atoms with van der Waals surface area (Å²) >= 11 is 0. The maximum Gasteiger partial charge on any atom is 0.225 e. The molecule has 1 aromatic carbocycles. The largest absolute Gasteiger partial charge is 0.497 e. The van der Waals surface area contributed by atoms with Crippen molar-refractivity contribution in [3.63, 3.8) is 0 Å². The van der Waals surface area contributed by atoms with E-state index in [2.05, 4.69) is 0 Å². The van der Waals surface area contributed by atoms with Crippen LogP contribution in [0.25, 0.3) is 0 Å². The molecule has 2 aliphatic heterocycles. The molecule has 0 bridgehead atoms. The van der Waals surface area contributed by atoms with Crippen LogP contribution in [0.5, 0.6) is 11.5 Å². The molecule has 1 amide bonds.